The van der Waals surface area contributed by atoms with Gasteiger partial charge in [0.05, 0.1) is 17.3 Å². The van der Waals surface area contributed by atoms with E-state index in [0.29, 0.717) is 5.56 Å². The number of hydrogen-bond acceptors (Lipinski definition) is 2. The van der Waals surface area contributed by atoms with E-state index in [1.807, 2.05) is 30.5 Å². The van der Waals surface area contributed by atoms with Crippen LogP contribution >= 0.6 is 0 Å². The summed E-state index contributed by atoms with van der Waals surface area (Å²) in [4.78, 5) is 4.66. The summed E-state index contributed by atoms with van der Waals surface area (Å²) in [7, 11) is 0. The standard InChI is InChI=1S/C28H38N2/c1-2-3-4-5-6-7-8-23-9-11-24(12-10-23)13-14-26-17-20-28(30-22-26)27-18-15-25(21-29)16-19-27/h15-20,22-24H,2-14H2,1H3. The molecule has 0 aliphatic heterocycles. The van der Waals surface area contributed by atoms with Crippen LogP contribution in [0.4, 0.5) is 0 Å². The summed E-state index contributed by atoms with van der Waals surface area (Å²) in [5.74, 6) is 1.91. The quantitative estimate of drug-likeness (QED) is 0.356. The molecule has 1 aliphatic carbocycles. The molecule has 3 rings (SSSR count). The van der Waals surface area contributed by atoms with E-state index in [4.69, 9.17) is 5.26 Å². The Morgan fingerprint density at radius 1 is 0.833 bits per heavy atom. The summed E-state index contributed by atoms with van der Waals surface area (Å²) < 4.78 is 0. The van der Waals surface area contributed by atoms with Gasteiger partial charge in [-0.15, -0.1) is 0 Å². The summed E-state index contributed by atoms with van der Waals surface area (Å²) in [6.45, 7) is 2.29. The molecular formula is C28H38N2. The molecule has 0 atom stereocenters. The average Bonchev–Trinajstić information content (AvgIpc) is 2.81. The maximum absolute atomic E-state index is 8.93. The van der Waals surface area contributed by atoms with Gasteiger partial charge in [0.1, 0.15) is 0 Å². The molecule has 1 aromatic heterocycles. The van der Waals surface area contributed by atoms with Gasteiger partial charge in [0.2, 0.25) is 0 Å². The molecule has 30 heavy (non-hydrogen) atoms. The number of pyridine rings is 1. The van der Waals surface area contributed by atoms with Crippen LogP contribution in [0.25, 0.3) is 11.3 Å². The van der Waals surface area contributed by atoms with Gasteiger partial charge in [0.15, 0.2) is 0 Å². The van der Waals surface area contributed by atoms with Gasteiger partial charge in [-0.3, -0.25) is 4.98 Å². The number of unbranched alkanes of at least 4 members (excludes halogenated alkanes) is 5. The average molecular weight is 403 g/mol. The van der Waals surface area contributed by atoms with Gasteiger partial charge in [-0.1, -0.05) is 95.8 Å². The van der Waals surface area contributed by atoms with E-state index in [-0.39, 0.29) is 0 Å². The second kappa shape index (κ2) is 12.5. The molecule has 0 bridgehead atoms. The summed E-state index contributed by atoms with van der Waals surface area (Å²) in [5, 5.41) is 8.93. The molecular weight excluding hydrogens is 364 g/mol. The SMILES string of the molecule is CCCCCCCCC1CCC(CCc2ccc(-c3ccc(C#N)cc3)nc2)CC1. The first-order valence-corrected chi connectivity index (χ1v) is 12.2. The topological polar surface area (TPSA) is 36.7 Å². The second-order valence-corrected chi connectivity index (χ2v) is 9.22. The van der Waals surface area contributed by atoms with Crippen molar-refractivity contribution < 1.29 is 0 Å². The Morgan fingerprint density at radius 3 is 2.13 bits per heavy atom. The van der Waals surface area contributed by atoms with Gasteiger partial charge in [-0.2, -0.15) is 5.26 Å². The maximum atomic E-state index is 8.93. The zero-order chi connectivity index (χ0) is 21.0. The Bertz CT molecular complexity index is 762. The first-order valence-electron chi connectivity index (χ1n) is 12.2. The van der Waals surface area contributed by atoms with Gasteiger partial charge < -0.3 is 0 Å². The van der Waals surface area contributed by atoms with E-state index in [1.54, 1.807) is 0 Å². The smallest absolute Gasteiger partial charge is 0.0991 e. The first kappa shape index (κ1) is 22.5. The van der Waals surface area contributed by atoms with Crippen LogP contribution in [-0.4, -0.2) is 4.98 Å². The Morgan fingerprint density at radius 2 is 1.50 bits per heavy atom. The predicted octanol–water partition coefficient (Wildman–Crippen LogP) is 8.11. The van der Waals surface area contributed by atoms with Crippen molar-refractivity contribution in [1.82, 2.24) is 4.98 Å². The highest BCUT2D eigenvalue weighted by atomic mass is 14.7. The highest BCUT2D eigenvalue weighted by molar-refractivity contribution is 5.60. The van der Waals surface area contributed by atoms with Crippen molar-refractivity contribution in [3.63, 3.8) is 0 Å². The van der Waals surface area contributed by atoms with Crippen molar-refractivity contribution in [3.8, 4) is 17.3 Å². The van der Waals surface area contributed by atoms with Crippen molar-refractivity contribution in [2.75, 3.05) is 0 Å². The molecule has 0 unspecified atom stereocenters. The van der Waals surface area contributed by atoms with Crippen molar-refractivity contribution in [3.05, 3.63) is 53.7 Å². The number of aromatic nitrogens is 1. The fraction of sp³-hybridized carbons (Fsp3) is 0.571. The van der Waals surface area contributed by atoms with Gasteiger partial charge in [0.25, 0.3) is 0 Å². The van der Waals surface area contributed by atoms with E-state index in [0.717, 1.165) is 29.5 Å². The zero-order valence-electron chi connectivity index (χ0n) is 18.8. The van der Waals surface area contributed by atoms with E-state index in [9.17, 15) is 0 Å². The van der Waals surface area contributed by atoms with Crippen LogP contribution in [0.2, 0.25) is 0 Å². The molecule has 2 nitrogen and oxygen atoms in total. The predicted molar refractivity (Wildman–Crippen MR) is 126 cm³/mol. The molecule has 1 saturated carbocycles. The van der Waals surface area contributed by atoms with E-state index in [1.165, 1.54) is 82.6 Å². The molecule has 1 aliphatic rings. The normalized spacial score (nSPS) is 18.8. The van der Waals surface area contributed by atoms with Crippen LogP contribution in [0.3, 0.4) is 0 Å². The number of aryl methyl sites for hydroxylation is 1. The Hall–Kier alpha value is -2.14. The van der Waals surface area contributed by atoms with E-state index >= 15 is 0 Å². The number of hydrogen-bond donors (Lipinski definition) is 0. The summed E-state index contributed by atoms with van der Waals surface area (Å²) in [6.07, 6.45) is 20.3. The minimum absolute atomic E-state index is 0.692. The van der Waals surface area contributed by atoms with Gasteiger partial charge >= 0.3 is 0 Å². The van der Waals surface area contributed by atoms with Crippen molar-refractivity contribution in [2.45, 2.75) is 90.4 Å². The minimum atomic E-state index is 0.692. The Kier molecular flexibility index (Phi) is 9.42. The van der Waals surface area contributed by atoms with Crippen LogP contribution in [-0.2, 0) is 6.42 Å². The van der Waals surface area contributed by atoms with E-state index < -0.39 is 0 Å². The summed E-state index contributed by atoms with van der Waals surface area (Å²) in [6, 6.07) is 14.2. The number of benzene rings is 1. The number of rotatable bonds is 11. The molecule has 0 N–H and O–H groups in total. The van der Waals surface area contributed by atoms with Crippen molar-refractivity contribution >= 4 is 0 Å². The summed E-state index contributed by atoms with van der Waals surface area (Å²) in [5.41, 5.74) is 4.10. The Labute approximate surface area is 183 Å². The molecule has 1 fully saturated rings. The monoisotopic (exact) mass is 402 g/mol. The lowest BCUT2D eigenvalue weighted by atomic mass is 9.78. The third kappa shape index (κ3) is 7.28. The van der Waals surface area contributed by atoms with Gasteiger partial charge in [-0.25, -0.2) is 0 Å². The summed E-state index contributed by atoms with van der Waals surface area (Å²) >= 11 is 0. The van der Waals surface area contributed by atoms with Crippen molar-refractivity contribution in [1.29, 1.82) is 5.26 Å². The lowest BCUT2D eigenvalue weighted by molar-refractivity contribution is 0.248. The fourth-order valence-electron chi connectivity index (χ4n) is 4.85. The highest BCUT2D eigenvalue weighted by Crippen LogP contribution is 2.34. The van der Waals surface area contributed by atoms with E-state index in [2.05, 4.69) is 30.1 Å². The molecule has 0 saturated heterocycles. The lowest BCUT2D eigenvalue weighted by Crippen LogP contribution is -2.15. The maximum Gasteiger partial charge on any atom is 0.0991 e. The molecule has 0 radical (unpaired) electrons. The lowest BCUT2D eigenvalue weighted by Gasteiger charge is -2.28. The second-order valence-electron chi connectivity index (χ2n) is 9.22. The highest BCUT2D eigenvalue weighted by Gasteiger charge is 2.20. The van der Waals surface area contributed by atoms with Crippen LogP contribution in [0.5, 0.6) is 0 Å². The van der Waals surface area contributed by atoms with Crippen LogP contribution in [0.15, 0.2) is 42.6 Å². The third-order valence-electron chi connectivity index (χ3n) is 6.91. The first-order chi connectivity index (χ1) is 14.8. The number of nitriles is 1. The molecule has 2 aromatic rings. The van der Waals surface area contributed by atoms with Gasteiger partial charge in [0, 0.05) is 11.8 Å². The fourth-order valence-corrected chi connectivity index (χ4v) is 4.85. The van der Waals surface area contributed by atoms with Crippen molar-refractivity contribution in [2.24, 2.45) is 11.8 Å². The van der Waals surface area contributed by atoms with Gasteiger partial charge in [-0.05, 0) is 48.4 Å². The third-order valence-corrected chi connectivity index (χ3v) is 6.91. The van der Waals surface area contributed by atoms with Crippen LogP contribution < -0.4 is 0 Å². The largest absolute Gasteiger partial charge is 0.256 e. The molecule has 160 valence electrons. The Balaban J connectivity index is 1.34. The molecule has 2 heteroatoms. The molecule has 0 amide bonds. The minimum Gasteiger partial charge on any atom is -0.256 e. The molecule has 1 heterocycles. The van der Waals surface area contributed by atoms with Crippen LogP contribution in [0.1, 0.15) is 95.1 Å². The molecule has 0 spiro atoms. The van der Waals surface area contributed by atoms with Crippen LogP contribution in [0, 0.1) is 23.2 Å². The number of nitrogens with zero attached hydrogens (tertiary/aromatic N) is 2. The molecule has 1 aromatic carbocycles. The zero-order valence-corrected chi connectivity index (χ0v) is 18.8.